The van der Waals surface area contributed by atoms with Gasteiger partial charge in [-0.2, -0.15) is 10.4 Å². The first-order chi connectivity index (χ1) is 8.60. The molecule has 0 heterocycles. The average Bonchev–Trinajstić information content (AvgIpc) is 2.39. The van der Waals surface area contributed by atoms with Gasteiger partial charge in [-0.25, -0.2) is 9.59 Å². The molecule has 0 bridgehead atoms. The molecule has 7 heteroatoms. The molecule has 1 aromatic carbocycles. The van der Waals surface area contributed by atoms with Crippen LogP contribution < -0.4 is 5.43 Å². The van der Waals surface area contributed by atoms with Gasteiger partial charge in [-0.3, -0.25) is 5.43 Å². The van der Waals surface area contributed by atoms with Crippen molar-refractivity contribution in [3.8, 4) is 6.07 Å². The highest BCUT2D eigenvalue weighted by Gasteiger charge is 2.12. The van der Waals surface area contributed by atoms with Crippen LogP contribution in [0.25, 0.3) is 0 Å². The van der Waals surface area contributed by atoms with Crippen LogP contribution in [0.4, 0.5) is 5.69 Å². The van der Waals surface area contributed by atoms with Gasteiger partial charge in [0.15, 0.2) is 0 Å². The van der Waals surface area contributed by atoms with Crippen molar-refractivity contribution in [1.29, 1.82) is 5.26 Å². The van der Waals surface area contributed by atoms with Crippen LogP contribution in [-0.2, 0) is 9.53 Å². The summed E-state index contributed by atoms with van der Waals surface area (Å²) >= 11 is 0. The number of hydrogen-bond donors (Lipinski definition) is 2. The van der Waals surface area contributed by atoms with Gasteiger partial charge >= 0.3 is 11.9 Å². The van der Waals surface area contributed by atoms with Gasteiger partial charge in [-0.1, -0.05) is 12.1 Å². The first-order valence-corrected chi connectivity index (χ1v) is 4.74. The number of nitrogens with one attached hydrogen (secondary N) is 1. The van der Waals surface area contributed by atoms with E-state index in [4.69, 9.17) is 10.4 Å². The molecule has 0 radical (unpaired) electrons. The number of benzene rings is 1. The Hall–Kier alpha value is -2.88. The van der Waals surface area contributed by atoms with Crippen molar-refractivity contribution in [2.45, 2.75) is 0 Å². The number of carboxylic acids is 1. The SMILES string of the molecule is COC(=O)/C(C#N)=N/Nc1ccccc1C(=O)O. The molecule has 0 amide bonds. The molecule has 1 rings (SSSR count). The maximum Gasteiger partial charge on any atom is 0.369 e. The molecule has 0 aliphatic heterocycles. The zero-order valence-electron chi connectivity index (χ0n) is 9.38. The smallest absolute Gasteiger partial charge is 0.369 e. The van der Waals surface area contributed by atoms with Gasteiger partial charge in [0.05, 0.1) is 18.4 Å². The number of aromatic carboxylic acids is 1. The molecule has 0 fully saturated rings. The van der Waals surface area contributed by atoms with E-state index in [1.165, 1.54) is 18.2 Å². The van der Waals surface area contributed by atoms with E-state index in [9.17, 15) is 9.59 Å². The minimum Gasteiger partial charge on any atom is -0.478 e. The molecule has 2 N–H and O–H groups in total. The third-order valence-corrected chi connectivity index (χ3v) is 1.93. The fraction of sp³-hybridized carbons (Fsp3) is 0.0909. The lowest BCUT2D eigenvalue weighted by atomic mass is 10.2. The number of methoxy groups -OCH3 is 1. The van der Waals surface area contributed by atoms with Crippen LogP contribution in [0, 0.1) is 11.3 Å². The summed E-state index contributed by atoms with van der Waals surface area (Å²) in [5.41, 5.74) is 1.99. The van der Waals surface area contributed by atoms with Gasteiger partial charge < -0.3 is 9.84 Å². The van der Waals surface area contributed by atoms with E-state index < -0.39 is 17.7 Å². The first kappa shape index (κ1) is 13.2. The molecule has 0 saturated heterocycles. The number of para-hydroxylation sites is 1. The van der Waals surface area contributed by atoms with Gasteiger partial charge in [-0.15, -0.1) is 0 Å². The van der Waals surface area contributed by atoms with E-state index >= 15 is 0 Å². The fourth-order valence-electron chi connectivity index (χ4n) is 1.10. The summed E-state index contributed by atoms with van der Waals surface area (Å²) < 4.78 is 4.32. The van der Waals surface area contributed by atoms with E-state index in [0.29, 0.717) is 0 Å². The second-order valence-electron chi connectivity index (χ2n) is 3.03. The summed E-state index contributed by atoms with van der Waals surface area (Å²) in [6.07, 6.45) is 0. The van der Waals surface area contributed by atoms with E-state index in [-0.39, 0.29) is 11.3 Å². The summed E-state index contributed by atoms with van der Waals surface area (Å²) in [6.45, 7) is 0. The highest BCUT2D eigenvalue weighted by atomic mass is 16.5. The van der Waals surface area contributed by atoms with E-state index in [1.807, 2.05) is 0 Å². The number of nitrogens with zero attached hydrogens (tertiary/aromatic N) is 2. The maximum absolute atomic E-state index is 11.1. The van der Waals surface area contributed by atoms with Crippen LogP contribution in [0.5, 0.6) is 0 Å². The number of anilines is 1. The first-order valence-electron chi connectivity index (χ1n) is 4.74. The molecule has 1 aromatic rings. The van der Waals surface area contributed by atoms with E-state index in [0.717, 1.165) is 7.11 Å². The monoisotopic (exact) mass is 247 g/mol. The zero-order chi connectivity index (χ0) is 13.5. The number of rotatable bonds is 4. The van der Waals surface area contributed by atoms with Crippen molar-refractivity contribution in [2.75, 3.05) is 12.5 Å². The van der Waals surface area contributed by atoms with Crippen molar-refractivity contribution in [3.05, 3.63) is 29.8 Å². The number of esters is 1. The molecule has 0 spiro atoms. The van der Waals surface area contributed by atoms with Gasteiger partial charge in [0.2, 0.25) is 5.71 Å². The largest absolute Gasteiger partial charge is 0.478 e. The van der Waals surface area contributed by atoms with Crippen molar-refractivity contribution in [2.24, 2.45) is 5.10 Å². The predicted octanol–water partition coefficient (Wildman–Crippen LogP) is 0.849. The molecule has 0 aliphatic carbocycles. The summed E-state index contributed by atoms with van der Waals surface area (Å²) in [4.78, 5) is 21.9. The Kier molecular flexibility index (Phi) is 4.40. The van der Waals surface area contributed by atoms with Crippen molar-refractivity contribution >= 4 is 23.3 Å². The Morgan fingerprint density at radius 1 is 1.44 bits per heavy atom. The molecule has 0 aromatic heterocycles. The molecule has 0 aliphatic rings. The number of carbonyl (C=O) groups excluding carboxylic acids is 1. The minimum absolute atomic E-state index is 0.0246. The lowest BCUT2D eigenvalue weighted by Crippen LogP contribution is -2.15. The number of ether oxygens (including phenoxy) is 1. The molecular weight excluding hydrogens is 238 g/mol. The molecule has 0 unspecified atom stereocenters. The van der Waals surface area contributed by atoms with E-state index in [2.05, 4.69) is 15.3 Å². The zero-order valence-corrected chi connectivity index (χ0v) is 9.38. The normalized spacial score (nSPS) is 10.3. The van der Waals surface area contributed by atoms with Crippen LogP contribution in [-0.4, -0.2) is 29.9 Å². The summed E-state index contributed by atoms with van der Waals surface area (Å²) in [7, 11) is 1.11. The van der Waals surface area contributed by atoms with Crippen LogP contribution >= 0.6 is 0 Å². The highest BCUT2D eigenvalue weighted by molar-refractivity contribution is 6.43. The molecule has 0 saturated carbocycles. The van der Waals surface area contributed by atoms with Crippen molar-refractivity contribution in [3.63, 3.8) is 0 Å². The van der Waals surface area contributed by atoms with Crippen LogP contribution in [0.15, 0.2) is 29.4 Å². The Balaban J connectivity index is 2.99. The van der Waals surface area contributed by atoms with Gasteiger partial charge in [-0.05, 0) is 12.1 Å². The fourth-order valence-corrected chi connectivity index (χ4v) is 1.10. The predicted molar refractivity (Wildman–Crippen MR) is 62.1 cm³/mol. The molecule has 7 nitrogen and oxygen atoms in total. The number of carboxylic acid groups (broad SMARTS) is 1. The van der Waals surface area contributed by atoms with Crippen LogP contribution in [0.3, 0.4) is 0 Å². The Bertz CT molecular complexity index is 545. The summed E-state index contributed by atoms with van der Waals surface area (Å²) in [5.74, 6) is -2.05. The molecular formula is C11H9N3O4. The van der Waals surface area contributed by atoms with Crippen molar-refractivity contribution in [1.82, 2.24) is 0 Å². The second-order valence-corrected chi connectivity index (χ2v) is 3.03. The maximum atomic E-state index is 11.1. The van der Waals surface area contributed by atoms with Crippen LogP contribution in [0.1, 0.15) is 10.4 Å². The molecule has 92 valence electrons. The Morgan fingerprint density at radius 3 is 2.67 bits per heavy atom. The number of hydrazone groups is 1. The lowest BCUT2D eigenvalue weighted by molar-refractivity contribution is -0.132. The number of hydrogen-bond acceptors (Lipinski definition) is 6. The highest BCUT2D eigenvalue weighted by Crippen LogP contribution is 2.14. The van der Waals surface area contributed by atoms with Crippen LogP contribution in [0.2, 0.25) is 0 Å². The number of carbonyl (C=O) groups is 2. The average molecular weight is 247 g/mol. The van der Waals surface area contributed by atoms with Gasteiger partial charge in [0.1, 0.15) is 6.07 Å². The minimum atomic E-state index is -1.15. The van der Waals surface area contributed by atoms with Gasteiger partial charge in [0, 0.05) is 0 Å². The van der Waals surface area contributed by atoms with E-state index in [1.54, 1.807) is 12.1 Å². The quantitative estimate of drug-likeness (QED) is 0.463. The summed E-state index contributed by atoms with van der Waals surface area (Å²) in [6, 6.07) is 7.50. The van der Waals surface area contributed by atoms with Gasteiger partial charge in [0.25, 0.3) is 0 Å². The Morgan fingerprint density at radius 2 is 2.11 bits per heavy atom. The topological polar surface area (TPSA) is 112 Å². The third-order valence-electron chi connectivity index (χ3n) is 1.93. The third kappa shape index (κ3) is 3.05. The Labute approximate surface area is 102 Å². The molecule has 0 atom stereocenters. The van der Waals surface area contributed by atoms with Crippen molar-refractivity contribution < 1.29 is 19.4 Å². The summed E-state index contributed by atoms with van der Waals surface area (Å²) in [5, 5.41) is 21.0. The lowest BCUT2D eigenvalue weighted by Gasteiger charge is -2.04. The second kappa shape index (κ2) is 6.00. The number of nitriles is 1. The standard InChI is InChI=1S/C11H9N3O4/c1-18-11(17)9(6-12)14-13-8-5-3-2-4-7(8)10(15)16/h2-5,13H,1H3,(H,15,16)/b14-9+. The molecule has 18 heavy (non-hydrogen) atoms.